The number of carbonyl (C=O) groups excluding carboxylic acids is 2. The monoisotopic (exact) mass is 405 g/mol. The van der Waals surface area contributed by atoms with Crippen molar-refractivity contribution in [3.63, 3.8) is 0 Å². The summed E-state index contributed by atoms with van der Waals surface area (Å²) in [4.78, 5) is 50.8. The first-order chi connectivity index (χ1) is 14.0. The van der Waals surface area contributed by atoms with Crippen molar-refractivity contribution in [2.24, 2.45) is 0 Å². The largest absolute Gasteiger partial charge is 0.465 e. The number of fused-ring (bicyclic) bond motifs is 1. The Bertz CT molecular complexity index is 963. The molecule has 0 aliphatic carbocycles. The van der Waals surface area contributed by atoms with E-state index in [1.54, 1.807) is 7.11 Å². The molecule has 0 saturated carbocycles. The lowest BCUT2D eigenvalue weighted by Crippen LogP contribution is -2.35. The minimum atomic E-state index is -0.542. The molecule has 1 aromatic carbocycles. The van der Waals surface area contributed by atoms with Gasteiger partial charge in [0.05, 0.1) is 23.6 Å². The number of ether oxygens (including phenoxy) is 2. The fourth-order valence-electron chi connectivity index (χ4n) is 2.97. The van der Waals surface area contributed by atoms with E-state index in [9.17, 15) is 19.2 Å². The first-order valence-electron chi connectivity index (χ1n) is 9.58. The molecule has 29 heavy (non-hydrogen) atoms. The van der Waals surface area contributed by atoms with Crippen molar-refractivity contribution in [3.05, 3.63) is 44.6 Å². The van der Waals surface area contributed by atoms with Crippen LogP contribution in [-0.2, 0) is 20.8 Å². The quantitative estimate of drug-likeness (QED) is 0.428. The Balaban J connectivity index is 1.90. The molecule has 0 bridgehead atoms. The highest BCUT2D eigenvalue weighted by atomic mass is 16.5. The summed E-state index contributed by atoms with van der Waals surface area (Å²) in [5, 5.41) is 3.15. The molecule has 1 heterocycles. The van der Waals surface area contributed by atoms with Crippen LogP contribution in [0.25, 0.3) is 10.9 Å². The molecule has 9 heteroatoms. The summed E-state index contributed by atoms with van der Waals surface area (Å²) in [6.45, 7) is 1.46. The third kappa shape index (κ3) is 6.28. The summed E-state index contributed by atoms with van der Waals surface area (Å²) < 4.78 is 10.7. The minimum absolute atomic E-state index is 0.0109. The summed E-state index contributed by atoms with van der Waals surface area (Å²) in [6.07, 6.45) is 3.19. The van der Waals surface area contributed by atoms with E-state index in [0.717, 1.165) is 17.4 Å². The number of hydrogen-bond acceptors (Lipinski definition) is 6. The second-order valence-corrected chi connectivity index (χ2v) is 6.65. The Labute approximate surface area is 168 Å². The average Bonchev–Trinajstić information content (AvgIpc) is 2.72. The van der Waals surface area contributed by atoms with Crippen LogP contribution in [0.15, 0.2) is 27.8 Å². The van der Waals surface area contributed by atoms with Gasteiger partial charge in [0.25, 0.3) is 5.56 Å². The number of nitrogens with one attached hydrogen (secondary N) is 2. The van der Waals surface area contributed by atoms with E-state index in [0.29, 0.717) is 43.3 Å². The van der Waals surface area contributed by atoms with Crippen LogP contribution in [0.5, 0.6) is 0 Å². The van der Waals surface area contributed by atoms with Gasteiger partial charge in [0.15, 0.2) is 0 Å². The van der Waals surface area contributed by atoms with Gasteiger partial charge in [-0.1, -0.05) is 6.42 Å². The Hall–Kier alpha value is -2.94. The molecule has 0 radical (unpaired) electrons. The van der Waals surface area contributed by atoms with Crippen LogP contribution in [0.4, 0.5) is 0 Å². The number of carbonyl (C=O) groups is 2. The number of aromatic nitrogens is 2. The average molecular weight is 405 g/mol. The van der Waals surface area contributed by atoms with Gasteiger partial charge in [-0.15, -0.1) is 0 Å². The number of nitrogens with zero attached hydrogens (tertiary/aromatic N) is 1. The number of methoxy groups -OCH3 is 2. The van der Waals surface area contributed by atoms with Gasteiger partial charge in [0.1, 0.15) is 0 Å². The molecule has 2 N–H and O–H groups in total. The Kier molecular flexibility index (Phi) is 8.60. The zero-order valence-corrected chi connectivity index (χ0v) is 16.8. The number of hydrogen-bond donors (Lipinski definition) is 2. The maximum absolute atomic E-state index is 12.6. The smallest absolute Gasteiger partial charge is 0.337 e. The third-order valence-corrected chi connectivity index (χ3v) is 4.54. The van der Waals surface area contributed by atoms with E-state index in [2.05, 4.69) is 15.0 Å². The van der Waals surface area contributed by atoms with Crippen LogP contribution in [0.3, 0.4) is 0 Å². The molecule has 2 aromatic rings. The van der Waals surface area contributed by atoms with Gasteiger partial charge in [-0.3, -0.25) is 14.2 Å². The zero-order valence-electron chi connectivity index (χ0n) is 16.8. The van der Waals surface area contributed by atoms with Gasteiger partial charge in [-0.25, -0.2) is 9.59 Å². The van der Waals surface area contributed by atoms with Crippen molar-refractivity contribution in [1.29, 1.82) is 0 Å². The minimum Gasteiger partial charge on any atom is -0.465 e. The van der Waals surface area contributed by atoms with Crippen molar-refractivity contribution in [2.45, 2.75) is 38.6 Å². The highest BCUT2D eigenvalue weighted by Crippen LogP contribution is 2.10. The number of H-pyrrole nitrogens is 1. The first kappa shape index (κ1) is 22.4. The molecule has 1 amide bonds. The molecule has 0 unspecified atom stereocenters. The summed E-state index contributed by atoms with van der Waals surface area (Å²) in [7, 11) is 2.88. The third-order valence-electron chi connectivity index (χ3n) is 4.54. The van der Waals surface area contributed by atoms with Crippen LogP contribution in [0, 0.1) is 0 Å². The van der Waals surface area contributed by atoms with Crippen LogP contribution in [0.2, 0.25) is 0 Å². The van der Waals surface area contributed by atoms with Crippen LogP contribution < -0.4 is 16.6 Å². The van der Waals surface area contributed by atoms with Gasteiger partial charge in [0.2, 0.25) is 5.91 Å². The molecule has 0 aliphatic heterocycles. The van der Waals surface area contributed by atoms with Crippen molar-refractivity contribution < 1.29 is 19.1 Å². The molecule has 158 valence electrons. The van der Waals surface area contributed by atoms with Crippen molar-refractivity contribution in [3.8, 4) is 0 Å². The lowest BCUT2D eigenvalue weighted by atomic mass is 10.1. The number of unbranched alkanes of at least 4 members (excludes halogenated alkanes) is 2. The van der Waals surface area contributed by atoms with Crippen molar-refractivity contribution in [2.75, 3.05) is 27.4 Å². The highest BCUT2D eigenvalue weighted by Gasteiger charge is 2.11. The van der Waals surface area contributed by atoms with Gasteiger partial charge < -0.3 is 19.8 Å². The van der Waals surface area contributed by atoms with Gasteiger partial charge in [-0.05, 0) is 37.5 Å². The maximum atomic E-state index is 12.6. The number of amides is 1. The summed E-state index contributed by atoms with van der Waals surface area (Å²) in [5.74, 6) is -0.553. The van der Waals surface area contributed by atoms with E-state index < -0.39 is 17.2 Å². The van der Waals surface area contributed by atoms with Gasteiger partial charge in [0, 0.05) is 33.2 Å². The Morgan fingerprint density at radius 3 is 2.62 bits per heavy atom. The molecule has 0 spiro atoms. The second kappa shape index (κ2) is 11.2. The lowest BCUT2D eigenvalue weighted by molar-refractivity contribution is -0.121. The topological polar surface area (TPSA) is 119 Å². The van der Waals surface area contributed by atoms with E-state index in [1.807, 2.05) is 0 Å². The molecule has 9 nitrogen and oxygen atoms in total. The van der Waals surface area contributed by atoms with Gasteiger partial charge >= 0.3 is 11.7 Å². The summed E-state index contributed by atoms with van der Waals surface area (Å²) in [6, 6.07) is 4.42. The number of aromatic amines is 1. The summed E-state index contributed by atoms with van der Waals surface area (Å²) in [5.41, 5.74) is -0.381. The molecule has 0 fully saturated rings. The molecule has 0 atom stereocenters. The van der Waals surface area contributed by atoms with Gasteiger partial charge in [-0.2, -0.15) is 0 Å². The zero-order chi connectivity index (χ0) is 21.2. The first-order valence-corrected chi connectivity index (χ1v) is 9.58. The number of rotatable bonds is 11. The predicted octanol–water partition coefficient (Wildman–Crippen LogP) is 1.19. The fourth-order valence-corrected chi connectivity index (χ4v) is 2.97. The van der Waals surface area contributed by atoms with E-state index in [1.165, 1.54) is 25.3 Å². The van der Waals surface area contributed by atoms with Crippen LogP contribution >= 0.6 is 0 Å². The maximum Gasteiger partial charge on any atom is 0.337 e. The van der Waals surface area contributed by atoms with Crippen molar-refractivity contribution in [1.82, 2.24) is 14.9 Å². The summed E-state index contributed by atoms with van der Waals surface area (Å²) >= 11 is 0. The standard InChI is InChI=1S/C20H27N3O6/c1-28-12-6-10-21-17(24)7-4-3-5-11-23-18(25)15-9-8-14(19(26)29-2)13-16(15)22-20(23)27/h8-9,13H,3-7,10-12H2,1-2H3,(H,21,24)(H,22,27). The fraction of sp³-hybridized carbons (Fsp3) is 0.500. The lowest BCUT2D eigenvalue weighted by Gasteiger charge is -2.08. The second-order valence-electron chi connectivity index (χ2n) is 6.65. The Morgan fingerprint density at radius 2 is 1.90 bits per heavy atom. The van der Waals surface area contributed by atoms with Crippen molar-refractivity contribution >= 4 is 22.8 Å². The predicted molar refractivity (Wildman–Crippen MR) is 108 cm³/mol. The molecular formula is C20H27N3O6. The molecule has 2 rings (SSSR count). The van der Waals surface area contributed by atoms with E-state index in [-0.39, 0.29) is 18.0 Å². The number of esters is 1. The Morgan fingerprint density at radius 1 is 1.10 bits per heavy atom. The van der Waals surface area contributed by atoms with Crippen LogP contribution in [0.1, 0.15) is 42.5 Å². The molecular weight excluding hydrogens is 378 g/mol. The van der Waals surface area contributed by atoms with Crippen LogP contribution in [-0.4, -0.2) is 48.8 Å². The SMILES string of the molecule is COCCCNC(=O)CCCCCn1c(=O)[nH]c2cc(C(=O)OC)ccc2c1=O. The molecule has 0 aliphatic rings. The molecule has 0 saturated heterocycles. The number of benzene rings is 1. The van der Waals surface area contributed by atoms with E-state index in [4.69, 9.17) is 4.74 Å². The normalized spacial score (nSPS) is 10.8. The highest BCUT2D eigenvalue weighted by molar-refractivity contribution is 5.93. The molecule has 1 aromatic heterocycles. The van der Waals surface area contributed by atoms with E-state index >= 15 is 0 Å².